The van der Waals surface area contributed by atoms with Gasteiger partial charge in [0.1, 0.15) is 17.8 Å². The highest BCUT2D eigenvalue weighted by Crippen LogP contribution is 2.60. The largest absolute Gasteiger partial charge is 0.336 e. The van der Waals surface area contributed by atoms with Crippen LogP contribution in [-0.4, -0.2) is 50.0 Å². The van der Waals surface area contributed by atoms with Crippen LogP contribution in [0.25, 0.3) is 10.9 Å². The number of aromatic nitrogens is 2. The molecule has 9 rings (SSSR count). The monoisotopic (exact) mass is 441 g/mol. The summed E-state index contributed by atoms with van der Waals surface area (Å²) in [5.74, 6) is 0.292. The Bertz CT molecular complexity index is 1500. The van der Waals surface area contributed by atoms with Crippen LogP contribution in [0, 0.1) is 0 Å². The van der Waals surface area contributed by atoms with Crippen LogP contribution < -0.4 is 10.5 Å². The fraction of sp³-hybridized carbons (Fsp3) is 0.333. The lowest BCUT2D eigenvalue weighted by Crippen LogP contribution is -2.57. The molecule has 4 bridgehead atoms. The summed E-state index contributed by atoms with van der Waals surface area (Å²) in [4.78, 5) is 51.1. The predicted octanol–water partition coefficient (Wildman–Crippen LogP) is 1.44. The third kappa shape index (κ3) is 1.82. The first kappa shape index (κ1) is 17.9. The van der Waals surface area contributed by atoms with Crippen molar-refractivity contribution in [3.63, 3.8) is 0 Å². The molecule has 3 saturated heterocycles. The molecular formula is C24H19N5O4. The zero-order valence-electron chi connectivity index (χ0n) is 17.7. The molecule has 2 aromatic carbocycles. The highest BCUT2D eigenvalue weighted by Gasteiger charge is 2.69. The summed E-state index contributed by atoms with van der Waals surface area (Å²) in [7, 11) is 0. The van der Waals surface area contributed by atoms with Gasteiger partial charge in [0.05, 0.1) is 29.3 Å². The summed E-state index contributed by atoms with van der Waals surface area (Å²) < 4.78 is 8.43. The standard InChI is InChI=1S/C24H19N5O4/c1-12-19(30)29-16-9-5-3-7-14(16)24-10-17-21(32)27(11-26(12)23(24)29)22(33-24)18-25-15-8-4-2-6-13(15)20(31)28(17)18/h2-9,12,17,22-23H,10-11H2,1H3/t12-,17-,22-,23+,24-/m0/s1. The van der Waals surface area contributed by atoms with Gasteiger partial charge in [0.15, 0.2) is 12.1 Å². The van der Waals surface area contributed by atoms with Crippen LogP contribution in [0.3, 0.4) is 0 Å². The Kier molecular flexibility index (Phi) is 2.98. The molecule has 5 atom stereocenters. The molecule has 6 aliphatic heterocycles. The number of amides is 2. The second-order valence-electron chi connectivity index (χ2n) is 9.48. The maximum absolute atomic E-state index is 13.8. The van der Waals surface area contributed by atoms with E-state index in [-0.39, 0.29) is 42.7 Å². The van der Waals surface area contributed by atoms with Crippen molar-refractivity contribution in [2.75, 3.05) is 11.6 Å². The number of carbonyl (C=O) groups is 2. The molecule has 2 amide bonds. The number of rotatable bonds is 0. The van der Waals surface area contributed by atoms with Crippen molar-refractivity contribution in [2.45, 2.75) is 43.4 Å². The molecule has 1 aromatic heterocycles. The first-order valence-electron chi connectivity index (χ1n) is 11.2. The third-order valence-electron chi connectivity index (χ3n) is 8.04. The van der Waals surface area contributed by atoms with E-state index in [0.717, 1.165) is 11.3 Å². The van der Waals surface area contributed by atoms with Gasteiger partial charge in [0, 0.05) is 12.0 Å². The van der Waals surface area contributed by atoms with Crippen LogP contribution in [0.2, 0.25) is 0 Å². The van der Waals surface area contributed by atoms with Crippen LogP contribution in [0.4, 0.5) is 5.69 Å². The molecular weight excluding hydrogens is 422 g/mol. The van der Waals surface area contributed by atoms with Crippen molar-refractivity contribution in [3.8, 4) is 0 Å². The van der Waals surface area contributed by atoms with Gasteiger partial charge in [0.2, 0.25) is 11.8 Å². The van der Waals surface area contributed by atoms with E-state index in [9.17, 15) is 14.4 Å². The number of hydrogen-bond acceptors (Lipinski definition) is 6. The lowest BCUT2D eigenvalue weighted by atomic mass is 9.85. The van der Waals surface area contributed by atoms with Gasteiger partial charge in [-0.1, -0.05) is 30.3 Å². The second-order valence-corrected chi connectivity index (χ2v) is 9.48. The van der Waals surface area contributed by atoms with Gasteiger partial charge in [-0.2, -0.15) is 0 Å². The SMILES string of the molecule is C[C@H]1C(=O)N2c3ccccc3[C@@]34C[C@H]5C(=O)N(CN1[C@H]23)[C@@H](O4)c1nc2ccccc2c(=O)n15. The molecule has 164 valence electrons. The van der Waals surface area contributed by atoms with Crippen molar-refractivity contribution in [1.29, 1.82) is 0 Å². The fourth-order valence-electron chi connectivity index (χ4n) is 6.62. The molecule has 0 unspecified atom stereocenters. The predicted molar refractivity (Wildman–Crippen MR) is 116 cm³/mol. The Morgan fingerprint density at radius 2 is 1.82 bits per heavy atom. The first-order chi connectivity index (χ1) is 16.0. The quantitative estimate of drug-likeness (QED) is 0.525. The van der Waals surface area contributed by atoms with E-state index in [4.69, 9.17) is 9.72 Å². The highest BCUT2D eigenvalue weighted by atomic mass is 16.5. The Balaban J connectivity index is 1.46. The van der Waals surface area contributed by atoms with Crippen LogP contribution in [0.5, 0.6) is 0 Å². The van der Waals surface area contributed by atoms with Crippen molar-refractivity contribution in [2.24, 2.45) is 0 Å². The highest BCUT2D eigenvalue weighted by molar-refractivity contribution is 6.03. The summed E-state index contributed by atoms with van der Waals surface area (Å²) in [5.41, 5.74) is 1.12. The second kappa shape index (κ2) is 5.49. The van der Waals surface area contributed by atoms with Gasteiger partial charge in [0.25, 0.3) is 5.56 Å². The normalized spacial score (nSPS) is 33.4. The summed E-state index contributed by atoms with van der Waals surface area (Å²) in [6.45, 7) is 2.12. The third-order valence-corrected chi connectivity index (χ3v) is 8.04. The Hall–Kier alpha value is -3.56. The van der Waals surface area contributed by atoms with Crippen LogP contribution >= 0.6 is 0 Å². The smallest absolute Gasteiger partial charge is 0.262 e. The van der Waals surface area contributed by atoms with Crippen molar-refractivity contribution in [1.82, 2.24) is 19.4 Å². The van der Waals surface area contributed by atoms with Crippen LogP contribution in [0.1, 0.15) is 37.0 Å². The van der Waals surface area contributed by atoms with E-state index >= 15 is 0 Å². The number of fused-ring (bicyclic) bond motifs is 3. The number of hydrogen-bond donors (Lipinski definition) is 0. The fourth-order valence-corrected chi connectivity index (χ4v) is 6.62. The molecule has 3 aromatic rings. The van der Waals surface area contributed by atoms with Crippen LogP contribution in [-0.2, 0) is 19.9 Å². The van der Waals surface area contributed by atoms with Crippen molar-refractivity contribution in [3.05, 3.63) is 70.3 Å². The molecule has 33 heavy (non-hydrogen) atoms. The van der Waals surface area contributed by atoms with Crippen molar-refractivity contribution >= 4 is 28.4 Å². The molecule has 0 radical (unpaired) electrons. The first-order valence-corrected chi connectivity index (χ1v) is 11.2. The van der Waals surface area contributed by atoms with Crippen LogP contribution in [0.15, 0.2) is 53.3 Å². The number of anilines is 1. The van der Waals surface area contributed by atoms with E-state index in [1.165, 1.54) is 0 Å². The lowest BCUT2D eigenvalue weighted by molar-refractivity contribution is -0.162. The molecule has 7 heterocycles. The molecule has 6 aliphatic rings. The average molecular weight is 441 g/mol. The molecule has 9 nitrogen and oxygen atoms in total. The molecule has 9 heteroatoms. The molecule has 0 saturated carbocycles. The van der Waals surface area contributed by atoms with E-state index in [0.29, 0.717) is 16.7 Å². The number of nitrogens with zero attached hydrogens (tertiary/aromatic N) is 5. The Labute approximate surface area is 187 Å². The van der Waals surface area contributed by atoms with E-state index in [1.54, 1.807) is 21.6 Å². The van der Waals surface area contributed by atoms with E-state index in [2.05, 4.69) is 4.90 Å². The lowest BCUT2D eigenvalue weighted by Gasteiger charge is -2.41. The van der Waals surface area contributed by atoms with Gasteiger partial charge in [-0.05, 0) is 25.1 Å². The maximum Gasteiger partial charge on any atom is 0.262 e. The minimum absolute atomic E-state index is 0.0000144. The number of para-hydroxylation sites is 2. The minimum Gasteiger partial charge on any atom is -0.336 e. The number of benzene rings is 2. The van der Waals surface area contributed by atoms with Gasteiger partial charge in [-0.15, -0.1) is 0 Å². The van der Waals surface area contributed by atoms with E-state index in [1.807, 2.05) is 48.2 Å². The Morgan fingerprint density at radius 1 is 1.03 bits per heavy atom. The van der Waals surface area contributed by atoms with Crippen molar-refractivity contribution < 1.29 is 14.3 Å². The zero-order valence-corrected chi connectivity index (χ0v) is 17.7. The van der Waals surface area contributed by atoms with Gasteiger partial charge in [-0.25, -0.2) is 4.98 Å². The topological polar surface area (TPSA) is 88.0 Å². The molecule has 3 fully saturated rings. The molecule has 0 N–H and O–H groups in total. The van der Waals surface area contributed by atoms with Gasteiger partial charge < -0.3 is 4.74 Å². The number of carbonyl (C=O) groups excluding carboxylic acids is 2. The number of ether oxygens (including phenoxy) is 1. The average Bonchev–Trinajstić information content (AvgIpc) is 3.03. The summed E-state index contributed by atoms with van der Waals surface area (Å²) in [5, 5.41) is 0.485. The Morgan fingerprint density at radius 3 is 2.70 bits per heavy atom. The summed E-state index contributed by atoms with van der Waals surface area (Å²) in [6.07, 6.45) is -0.921. The molecule has 1 spiro atoms. The minimum atomic E-state index is -0.945. The molecule has 0 aliphatic carbocycles. The summed E-state index contributed by atoms with van der Waals surface area (Å²) >= 11 is 0. The summed E-state index contributed by atoms with van der Waals surface area (Å²) in [6, 6.07) is 13.8. The van der Waals surface area contributed by atoms with Gasteiger partial charge >= 0.3 is 0 Å². The van der Waals surface area contributed by atoms with Gasteiger partial charge in [-0.3, -0.25) is 33.7 Å². The van der Waals surface area contributed by atoms with E-state index < -0.39 is 17.9 Å². The zero-order chi connectivity index (χ0) is 22.2. The maximum atomic E-state index is 13.8.